The number of hydrazone groups is 1. The Hall–Kier alpha value is -4.15. The minimum absolute atomic E-state index is 0.169. The summed E-state index contributed by atoms with van der Waals surface area (Å²) in [6, 6.07) is 18.0. The summed E-state index contributed by atoms with van der Waals surface area (Å²) in [6.07, 6.45) is 5.76. The SMILES string of the molecule is O=C(Nc1cccc(C#Cc2cnc3cccnn23)c1)N1N=CCC1c1ccc(Cl)cc1. The van der Waals surface area contributed by atoms with Gasteiger partial charge in [0.15, 0.2) is 5.65 Å². The second-order valence-corrected chi connectivity index (χ2v) is 7.58. The fraction of sp³-hybridized carbons (Fsp3) is 0.0833. The third-order valence-electron chi connectivity index (χ3n) is 5.02. The van der Waals surface area contributed by atoms with Crippen LogP contribution >= 0.6 is 11.6 Å². The number of anilines is 1. The minimum atomic E-state index is -0.310. The predicted octanol–water partition coefficient (Wildman–Crippen LogP) is 4.75. The molecule has 0 spiro atoms. The highest BCUT2D eigenvalue weighted by molar-refractivity contribution is 6.30. The number of carbonyl (C=O) groups excluding carboxylic acids is 1. The van der Waals surface area contributed by atoms with Crippen LogP contribution in [0.1, 0.15) is 29.3 Å². The van der Waals surface area contributed by atoms with Gasteiger partial charge < -0.3 is 5.32 Å². The smallest absolute Gasteiger partial charge is 0.306 e. The van der Waals surface area contributed by atoms with Crippen LogP contribution in [0.15, 0.2) is 78.2 Å². The number of nitrogens with zero attached hydrogens (tertiary/aromatic N) is 5. The number of carbonyl (C=O) groups is 1. The van der Waals surface area contributed by atoms with Crippen LogP contribution in [0.5, 0.6) is 0 Å². The highest BCUT2D eigenvalue weighted by Gasteiger charge is 2.28. The molecular weight excluding hydrogens is 424 g/mol. The van der Waals surface area contributed by atoms with E-state index in [1.807, 2.05) is 60.7 Å². The van der Waals surface area contributed by atoms with Crippen LogP contribution in [0.25, 0.3) is 5.65 Å². The third kappa shape index (κ3) is 4.04. The molecule has 1 aliphatic rings. The zero-order valence-corrected chi connectivity index (χ0v) is 17.6. The van der Waals surface area contributed by atoms with E-state index in [0.717, 1.165) is 16.8 Å². The van der Waals surface area contributed by atoms with Gasteiger partial charge in [-0.05, 0) is 53.9 Å². The first-order chi connectivity index (χ1) is 15.7. The molecule has 1 N–H and O–H groups in total. The molecule has 3 heterocycles. The van der Waals surface area contributed by atoms with E-state index in [9.17, 15) is 4.79 Å². The zero-order valence-electron chi connectivity index (χ0n) is 16.8. The van der Waals surface area contributed by atoms with E-state index in [2.05, 4.69) is 32.3 Å². The molecule has 2 aromatic heterocycles. The zero-order chi connectivity index (χ0) is 21.9. The van der Waals surface area contributed by atoms with Crippen LogP contribution in [0.2, 0.25) is 5.02 Å². The Morgan fingerprint density at radius 1 is 1.09 bits per heavy atom. The Labute approximate surface area is 189 Å². The third-order valence-corrected chi connectivity index (χ3v) is 5.27. The Bertz CT molecular complexity index is 1380. The normalized spacial score (nSPS) is 14.9. The van der Waals surface area contributed by atoms with Crippen molar-refractivity contribution in [2.45, 2.75) is 12.5 Å². The number of imidazole rings is 1. The molecular formula is C24H17ClN6O. The highest BCUT2D eigenvalue weighted by Crippen LogP contribution is 2.29. The van der Waals surface area contributed by atoms with Crippen LogP contribution in [-0.2, 0) is 0 Å². The van der Waals surface area contributed by atoms with Gasteiger partial charge >= 0.3 is 6.03 Å². The van der Waals surface area contributed by atoms with E-state index in [1.165, 1.54) is 5.01 Å². The molecule has 0 saturated carbocycles. The molecule has 0 saturated heterocycles. The van der Waals surface area contributed by atoms with E-state index >= 15 is 0 Å². The van der Waals surface area contributed by atoms with Gasteiger partial charge in [0.05, 0.1) is 12.2 Å². The number of hydrogen-bond acceptors (Lipinski definition) is 4. The highest BCUT2D eigenvalue weighted by atomic mass is 35.5. The summed E-state index contributed by atoms with van der Waals surface area (Å²) < 4.78 is 1.68. The fourth-order valence-corrected chi connectivity index (χ4v) is 3.60. The molecule has 5 rings (SSSR count). The quantitative estimate of drug-likeness (QED) is 0.457. The Morgan fingerprint density at radius 2 is 1.97 bits per heavy atom. The van der Waals surface area contributed by atoms with Crippen molar-refractivity contribution in [2.75, 3.05) is 5.32 Å². The second-order valence-electron chi connectivity index (χ2n) is 7.14. The molecule has 4 aromatic rings. The number of benzene rings is 2. The summed E-state index contributed by atoms with van der Waals surface area (Å²) in [7, 11) is 0. The number of urea groups is 1. The number of rotatable bonds is 2. The summed E-state index contributed by atoms with van der Waals surface area (Å²) in [5.41, 5.74) is 3.79. The van der Waals surface area contributed by atoms with Gasteiger partial charge in [-0.3, -0.25) is 0 Å². The summed E-state index contributed by atoms with van der Waals surface area (Å²) in [5, 5.41) is 13.5. The molecule has 0 radical (unpaired) electrons. The summed E-state index contributed by atoms with van der Waals surface area (Å²) in [6.45, 7) is 0. The Kier molecular flexibility index (Phi) is 5.28. The average molecular weight is 441 g/mol. The van der Waals surface area contributed by atoms with Crippen LogP contribution in [0.3, 0.4) is 0 Å². The molecule has 0 fully saturated rings. The number of halogens is 1. The molecule has 7 nitrogen and oxygen atoms in total. The first-order valence-electron chi connectivity index (χ1n) is 9.96. The maximum atomic E-state index is 12.9. The van der Waals surface area contributed by atoms with E-state index in [1.54, 1.807) is 23.1 Å². The van der Waals surface area contributed by atoms with Gasteiger partial charge in [0.2, 0.25) is 0 Å². The minimum Gasteiger partial charge on any atom is -0.306 e. The lowest BCUT2D eigenvalue weighted by molar-refractivity contribution is 0.200. The van der Waals surface area contributed by atoms with Gasteiger partial charge in [0.25, 0.3) is 0 Å². The largest absolute Gasteiger partial charge is 0.342 e. The van der Waals surface area contributed by atoms with Crippen LogP contribution in [0, 0.1) is 11.8 Å². The molecule has 156 valence electrons. The van der Waals surface area contributed by atoms with Crippen molar-refractivity contribution in [3.63, 3.8) is 0 Å². The first-order valence-corrected chi connectivity index (χ1v) is 10.3. The van der Waals surface area contributed by atoms with Crippen molar-refractivity contribution >= 4 is 35.2 Å². The lowest BCUT2D eigenvalue weighted by Gasteiger charge is -2.22. The van der Waals surface area contributed by atoms with Gasteiger partial charge in [0, 0.05) is 35.1 Å². The van der Waals surface area contributed by atoms with Gasteiger partial charge in [-0.25, -0.2) is 19.3 Å². The van der Waals surface area contributed by atoms with Crippen molar-refractivity contribution < 1.29 is 4.79 Å². The molecule has 8 heteroatoms. The topological polar surface area (TPSA) is 74.9 Å². The predicted molar refractivity (Wildman–Crippen MR) is 124 cm³/mol. The molecule has 1 atom stereocenters. The number of fused-ring (bicyclic) bond motifs is 1. The van der Waals surface area contributed by atoms with Gasteiger partial charge in [-0.2, -0.15) is 10.2 Å². The number of hydrogen-bond donors (Lipinski definition) is 1. The van der Waals surface area contributed by atoms with E-state index < -0.39 is 0 Å². The number of aromatic nitrogens is 3. The van der Waals surface area contributed by atoms with Crippen LogP contribution in [-0.4, -0.2) is 31.9 Å². The maximum Gasteiger partial charge on any atom is 0.342 e. The van der Waals surface area contributed by atoms with E-state index in [4.69, 9.17) is 11.6 Å². The second kappa shape index (κ2) is 8.53. The van der Waals surface area contributed by atoms with Crippen molar-refractivity contribution in [3.8, 4) is 11.8 Å². The molecule has 1 unspecified atom stereocenters. The Balaban J connectivity index is 1.32. The summed E-state index contributed by atoms with van der Waals surface area (Å²) in [5.74, 6) is 6.19. The standard InChI is InChI=1S/C24H17ClN6O/c25-19-9-7-18(8-10-19)22-12-14-28-31(22)24(32)29-20-4-1-3-17(15-20)6-11-21-16-26-23-5-2-13-27-30(21)23/h1-5,7-10,13-16,22H,12H2,(H,29,32). The lowest BCUT2D eigenvalue weighted by Crippen LogP contribution is -2.31. The van der Waals surface area contributed by atoms with Crippen molar-refractivity contribution in [1.82, 2.24) is 19.6 Å². The van der Waals surface area contributed by atoms with Crippen LogP contribution in [0.4, 0.5) is 10.5 Å². The summed E-state index contributed by atoms with van der Waals surface area (Å²) >= 11 is 5.98. The van der Waals surface area contributed by atoms with Crippen molar-refractivity contribution in [3.05, 3.63) is 94.9 Å². The molecule has 0 aliphatic carbocycles. The average Bonchev–Trinajstić information content (AvgIpc) is 3.46. The van der Waals surface area contributed by atoms with Crippen LogP contribution < -0.4 is 5.32 Å². The summed E-state index contributed by atoms with van der Waals surface area (Å²) in [4.78, 5) is 17.2. The van der Waals surface area contributed by atoms with Gasteiger partial charge in [0.1, 0.15) is 5.69 Å². The Morgan fingerprint density at radius 3 is 2.84 bits per heavy atom. The van der Waals surface area contributed by atoms with E-state index in [-0.39, 0.29) is 12.1 Å². The fourth-order valence-electron chi connectivity index (χ4n) is 3.48. The molecule has 32 heavy (non-hydrogen) atoms. The lowest BCUT2D eigenvalue weighted by atomic mass is 10.1. The molecule has 2 aromatic carbocycles. The number of nitrogens with one attached hydrogen (secondary N) is 1. The maximum absolute atomic E-state index is 12.9. The first kappa shape index (κ1) is 19.8. The monoisotopic (exact) mass is 440 g/mol. The number of amides is 2. The van der Waals surface area contributed by atoms with E-state index in [0.29, 0.717) is 22.8 Å². The molecule has 2 amide bonds. The van der Waals surface area contributed by atoms with Gasteiger partial charge in [-0.15, -0.1) is 0 Å². The van der Waals surface area contributed by atoms with Gasteiger partial charge in [-0.1, -0.05) is 35.7 Å². The van der Waals surface area contributed by atoms with Crippen molar-refractivity contribution in [1.29, 1.82) is 0 Å². The molecule has 1 aliphatic heterocycles. The molecule has 0 bridgehead atoms. The van der Waals surface area contributed by atoms with Crippen molar-refractivity contribution in [2.24, 2.45) is 5.10 Å².